The van der Waals surface area contributed by atoms with Crippen molar-refractivity contribution in [1.82, 2.24) is 0 Å². The number of carbonyl (C=O) groups is 2. The number of carbonyl (C=O) groups excluding carboxylic acids is 2. The van der Waals surface area contributed by atoms with Gasteiger partial charge < -0.3 is 10.1 Å². The number of hydrogen-bond donors (Lipinski definition) is 1. The minimum atomic E-state index is -0.297. The van der Waals surface area contributed by atoms with Crippen molar-refractivity contribution in [3.8, 4) is 5.75 Å². The van der Waals surface area contributed by atoms with Gasteiger partial charge in [0.05, 0.1) is 12.8 Å². The second-order valence-corrected chi connectivity index (χ2v) is 6.17. The van der Waals surface area contributed by atoms with Crippen LogP contribution in [0.5, 0.6) is 5.75 Å². The molecule has 2 aromatic rings. The Kier molecular flexibility index (Phi) is 6.04. The number of amides is 2. The lowest BCUT2D eigenvalue weighted by atomic mass is 10.1. The summed E-state index contributed by atoms with van der Waals surface area (Å²) in [5, 5.41) is 3.33. The predicted molar refractivity (Wildman–Crippen MR) is 101 cm³/mol. The van der Waals surface area contributed by atoms with Gasteiger partial charge >= 0.3 is 0 Å². The van der Waals surface area contributed by atoms with E-state index in [0.717, 1.165) is 16.8 Å². The van der Waals surface area contributed by atoms with E-state index in [0.29, 0.717) is 16.5 Å². The Labute approximate surface area is 152 Å². The molecule has 0 aromatic heterocycles. The monoisotopic (exact) mass is 360 g/mol. The summed E-state index contributed by atoms with van der Waals surface area (Å²) in [6.45, 7) is 5.10. The van der Waals surface area contributed by atoms with Crippen molar-refractivity contribution in [2.24, 2.45) is 0 Å². The predicted octanol–water partition coefficient (Wildman–Crippen LogP) is 3.96. The minimum absolute atomic E-state index is 0.139. The van der Waals surface area contributed by atoms with Crippen molar-refractivity contribution in [1.29, 1.82) is 0 Å². The molecule has 0 radical (unpaired) electrons. The highest BCUT2D eigenvalue weighted by atomic mass is 35.5. The normalized spacial score (nSPS) is 10.3. The topological polar surface area (TPSA) is 58.6 Å². The minimum Gasteiger partial charge on any atom is -0.495 e. The molecule has 0 spiro atoms. The number of nitrogens with one attached hydrogen (secondary N) is 1. The van der Waals surface area contributed by atoms with Gasteiger partial charge in [-0.05, 0) is 43.2 Å². The number of para-hydroxylation sites is 1. The maximum Gasteiger partial charge on any atom is 0.244 e. The number of nitrogens with zero attached hydrogens (tertiary/aromatic N) is 1. The van der Waals surface area contributed by atoms with Crippen molar-refractivity contribution in [3.63, 3.8) is 0 Å². The zero-order valence-electron chi connectivity index (χ0n) is 14.7. The zero-order chi connectivity index (χ0) is 18.6. The summed E-state index contributed by atoms with van der Waals surface area (Å²) in [7, 11) is 1.50. The van der Waals surface area contributed by atoms with Crippen LogP contribution in [-0.4, -0.2) is 25.5 Å². The van der Waals surface area contributed by atoms with Crippen LogP contribution in [0.1, 0.15) is 18.1 Å². The van der Waals surface area contributed by atoms with Gasteiger partial charge in [-0.2, -0.15) is 0 Å². The van der Waals surface area contributed by atoms with E-state index < -0.39 is 0 Å². The number of ether oxygens (including phenoxy) is 1. The van der Waals surface area contributed by atoms with E-state index in [2.05, 4.69) is 5.32 Å². The first-order chi connectivity index (χ1) is 11.8. The van der Waals surface area contributed by atoms with Crippen molar-refractivity contribution in [3.05, 3.63) is 52.5 Å². The summed E-state index contributed by atoms with van der Waals surface area (Å²) >= 11 is 6.04. The number of hydrogen-bond acceptors (Lipinski definition) is 3. The number of methoxy groups -OCH3 is 1. The molecule has 25 heavy (non-hydrogen) atoms. The van der Waals surface area contributed by atoms with Gasteiger partial charge in [-0.15, -0.1) is 0 Å². The number of rotatable bonds is 5. The van der Waals surface area contributed by atoms with Gasteiger partial charge in [-0.1, -0.05) is 29.8 Å². The molecule has 0 aliphatic carbocycles. The van der Waals surface area contributed by atoms with Crippen molar-refractivity contribution in [2.45, 2.75) is 20.8 Å². The third-order valence-corrected chi connectivity index (χ3v) is 4.09. The van der Waals surface area contributed by atoms with Gasteiger partial charge in [0.1, 0.15) is 12.3 Å². The van der Waals surface area contributed by atoms with Crippen LogP contribution < -0.4 is 15.0 Å². The fourth-order valence-corrected chi connectivity index (χ4v) is 2.74. The quantitative estimate of drug-likeness (QED) is 0.878. The van der Waals surface area contributed by atoms with Crippen LogP contribution in [-0.2, 0) is 9.59 Å². The number of aryl methyl sites for hydroxylation is 2. The highest BCUT2D eigenvalue weighted by Gasteiger charge is 2.20. The summed E-state index contributed by atoms with van der Waals surface area (Å²) in [5.41, 5.74) is 3.14. The molecule has 2 aromatic carbocycles. The Morgan fingerprint density at radius 2 is 1.80 bits per heavy atom. The third-order valence-electron chi connectivity index (χ3n) is 3.86. The third kappa shape index (κ3) is 4.51. The summed E-state index contributed by atoms with van der Waals surface area (Å²) in [6.07, 6.45) is 0. The van der Waals surface area contributed by atoms with Crippen LogP contribution in [0, 0.1) is 13.8 Å². The molecule has 0 bridgehead atoms. The van der Waals surface area contributed by atoms with Gasteiger partial charge in [-0.25, -0.2) is 0 Å². The van der Waals surface area contributed by atoms with Gasteiger partial charge in [0.25, 0.3) is 0 Å². The molecule has 6 heteroatoms. The van der Waals surface area contributed by atoms with Crippen molar-refractivity contribution >= 4 is 34.8 Å². The van der Waals surface area contributed by atoms with Gasteiger partial charge in [-0.3, -0.25) is 14.5 Å². The molecule has 0 heterocycles. The van der Waals surface area contributed by atoms with Crippen LogP contribution in [0.25, 0.3) is 0 Å². The van der Waals surface area contributed by atoms with E-state index in [1.54, 1.807) is 18.2 Å². The van der Waals surface area contributed by atoms with Gasteiger partial charge in [0.2, 0.25) is 11.8 Å². The number of anilines is 2. The lowest BCUT2D eigenvalue weighted by Gasteiger charge is -2.23. The standard InChI is InChI=1S/C19H21ClN2O3/c1-12-6-5-7-13(2)19(12)21-18(24)11-22(14(3)23)16-10-15(20)8-9-17(16)25-4/h5-10H,11H2,1-4H3,(H,21,24). The fourth-order valence-electron chi connectivity index (χ4n) is 2.57. The first-order valence-electron chi connectivity index (χ1n) is 7.81. The SMILES string of the molecule is COc1ccc(Cl)cc1N(CC(=O)Nc1c(C)cccc1C)C(C)=O. The smallest absolute Gasteiger partial charge is 0.244 e. The van der Waals surface area contributed by atoms with Crippen LogP contribution in [0.4, 0.5) is 11.4 Å². The molecule has 0 aliphatic rings. The molecular weight excluding hydrogens is 340 g/mol. The van der Waals surface area contributed by atoms with E-state index in [1.807, 2.05) is 32.0 Å². The van der Waals surface area contributed by atoms with Crippen LogP contribution in [0.15, 0.2) is 36.4 Å². The molecule has 2 rings (SSSR count). The van der Waals surface area contributed by atoms with E-state index in [9.17, 15) is 9.59 Å². The van der Waals surface area contributed by atoms with Crippen LogP contribution in [0.3, 0.4) is 0 Å². The maximum atomic E-state index is 12.5. The van der Waals surface area contributed by atoms with Crippen LogP contribution >= 0.6 is 11.6 Å². The van der Waals surface area contributed by atoms with E-state index in [4.69, 9.17) is 16.3 Å². The highest BCUT2D eigenvalue weighted by molar-refractivity contribution is 6.31. The number of benzene rings is 2. The van der Waals surface area contributed by atoms with Crippen molar-refractivity contribution < 1.29 is 14.3 Å². The lowest BCUT2D eigenvalue weighted by molar-refractivity contribution is -0.120. The molecule has 132 valence electrons. The summed E-state index contributed by atoms with van der Waals surface area (Å²) in [6, 6.07) is 10.7. The summed E-state index contributed by atoms with van der Waals surface area (Å²) in [5.74, 6) is -0.105. The van der Waals surface area contributed by atoms with Gasteiger partial charge in [0, 0.05) is 17.6 Å². The molecule has 0 fully saturated rings. The Balaban J connectivity index is 2.27. The Morgan fingerprint density at radius 3 is 2.36 bits per heavy atom. The molecule has 0 unspecified atom stereocenters. The molecular formula is C19H21ClN2O3. The van der Waals surface area contributed by atoms with E-state index >= 15 is 0 Å². The Hall–Kier alpha value is -2.53. The molecule has 5 nitrogen and oxygen atoms in total. The van der Waals surface area contributed by atoms with Gasteiger partial charge in [0.15, 0.2) is 0 Å². The molecule has 0 aliphatic heterocycles. The second-order valence-electron chi connectivity index (χ2n) is 5.74. The molecule has 0 atom stereocenters. The maximum absolute atomic E-state index is 12.5. The fraction of sp³-hybridized carbons (Fsp3) is 0.263. The number of halogens is 1. The molecule has 0 saturated heterocycles. The molecule has 0 saturated carbocycles. The summed E-state index contributed by atoms with van der Waals surface area (Å²) in [4.78, 5) is 25.9. The van der Waals surface area contributed by atoms with Crippen LogP contribution in [0.2, 0.25) is 5.02 Å². The zero-order valence-corrected chi connectivity index (χ0v) is 15.5. The average molecular weight is 361 g/mol. The van der Waals surface area contributed by atoms with E-state index in [1.165, 1.54) is 18.9 Å². The second kappa shape index (κ2) is 8.03. The first kappa shape index (κ1) is 18.8. The summed E-state index contributed by atoms with van der Waals surface area (Å²) < 4.78 is 5.29. The van der Waals surface area contributed by atoms with Crippen molar-refractivity contribution in [2.75, 3.05) is 23.9 Å². The highest BCUT2D eigenvalue weighted by Crippen LogP contribution is 2.31. The Bertz CT molecular complexity index is 785. The first-order valence-corrected chi connectivity index (χ1v) is 8.19. The van der Waals surface area contributed by atoms with E-state index in [-0.39, 0.29) is 18.4 Å². The lowest BCUT2D eigenvalue weighted by Crippen LogP contribution is -2.37. The Morgan fingerprint density at radius 1 is 1.16 bits per heavy atom. The largest absolute Gasteiger partial charge is 0.495 e. The average Bonchev–Trinajstić information content (AvgIpc) is 2.56. The molecule has 2 amide bonds. The molecule has 1 N–H and O–H groups in total.